The number of likely N-dealkylation sites (N-methyl/N-ethyl adjacent to an activating group) is 1. The number of hydrogen-bond donors (Lipinski definition) is 1. The van der Waals surface area contributed by atoms with Crippen molar-refractivity contribution in [2.45, 2.75) is 33.7 Å². The van der Waals surface area contributed by atoms with Gasteiger partial charge in [0.05, 0.1) is 23.1 Å². The van der Waals surface area contributed by atoms with E-state index in [2.05, 4.69) is 10.4 Å². The van der Waals surface area contributed by atoms with Crippen molar-refractivity contribution < 1.29 is 9.53 Å². The third-order valence-electron chi connectivity index (χ3n) is 4.59. The monoisotopic (exact) mass is 344 g/mol. The molecule has 0 bridgehead atoms. The predicted octanol–water partition coefficient (Wildman–Crippen LogP) is 2.68. The third kappa shape index (κ3) is 4.60. The van der Waals surface area contributed by atoms with Crippen molar-refractivity contribution in [3.05, 3.63) is 41.2 Å². The summed E-state index contributed by atoms with van der Waals surface area (Å²) in [5.74, 6) is 0.840. The van der Waals surface area contributed by atoms with Crippen LogP contribution < -0.4 is 10.1 Å². The second-order valence-corrected chi connectivity index (χ2v) is 6.43. The summed E-state index contributed by atoms with van der Waals surface area (Å²) in [6.45, 7) is 8.95. The van der Waals surface area contributed by atoms with Gasteiger partial charge in [-0.05, 0) is 46.4 Å². The molecule has 0 saturated heterocycles. The number of benzene rings is 1. The number of nitrogens with one attached hydrogen (secondary N) is 1. The van der Waals surface area contributed by atoms with E-state index in [1.165, 1.54) is 0 Å². The molecule has 6 nitrogen and oxygen atoms in total. The molecule has 0 saturated carbocycles. The Morgan fingerprint density at radius 3 is 2.60 bits per heavy atom. The maximum atomic E-state index is 12.5. The van der Waals surface area contributed by atoms with Crippen LogP contribution in [0.5, 0.6) is 5.75 Å². The fourth-order valence-corrected chi connectivity index (χ4v) is 2.59. The molecule has 136 valence electrons. The van der Waals surface area contributed by atoms with Crippen LogP contribution in [-0.4, -0.2) is 46.8 Å². The number of aromatic nitrogens is 2. The van der Waals surface area contributed by atoms with E-state index < -0.39 is 0 Å². The standard InChI is InChI=1S/C19H28N4O2/c1-13-9-7-8-10-17(13)25-12-11-22(5)16(4)19(24)20-18-14(2)21-23(6)15(18)3/h7-10,16H,11-12H2,1-6H3,(H,20,24). The maximum absolute atomic E-state index is 12.5. The van der Waals surface area contributed by atoms with Crippen LogP contribution in [0.3, 0.4) is 0 Å². The molecule has 1 aromatic heterocycles. The summed E-state index contributed by atoms with van der Waals surface area (Å²) in [5.41, 5.74) is 3.68. The topological polar surface area (TPSA) is 59.4 Å². The second kappa shape index (κ2) is 8.16. The quantitative estimate of drug-likeness (QED) is 0.839. The van der Waals surface area contributed by atoms with Crippen molar-refractivity contribution in [1.29, 1.82) is 0 Å². The van der Waals surface area contributed by atoms with Crippen molar-refractivity contribution >= 4 is 11.6 Å². The molecule has 2 aromatic rings. The fraction of sp³-hybridized carbons (Fsp3) is 0.474. The van der Waals surface area contributed by atoms with Crippen LogP contribution in [0.25, 0.3) is 0 Å². The Bertz CT molecular complexity index is 739. The SMILES string of the molecule is Cc1ccccc1OCCN(C)C(C)C(=O)Nc1c(C)nn(C)c1C. The van der Waals surface area contributed by atoms with Gasteiger partial charge in [-0.1, -0.05) is 18.2 Å². The van der Waals surface area contributed by atoms with Gasteiger partial charge < -0.3 is 10.1 Å². The summed E-state index contributed by atoms with van der Waals surface area (Å²) in [5, 5.41) is 7.32. The third-order valence-corrected chi connectivity index (χ3v) is 4.59. The highest BCUT2D eigenvalue weighted by molar-refractivity contribution is 5.95. The maximum Gasteiger partial charge on any atom is 0.241 e. The molecule has 1 heterocycles. The van der Waals surface area contributed by atoms with Crippen LogP contribution in [0.15, 0.2) is 24.3 Å². The molecule has 0 aliphatic rings. The number of nitrogens with zero attached hydrogens (tertiary/aromatic N) is 3. The summed E-state index contributed by atoms with van der Waals surface area (Å²) in [6, 6.07) is 7.66. The molecule has 1 aromatic carbocycles. The normalized spacial score (nSPS) is 12.3. The van der Waals surface area contributed by atoms with Crippen LogP contribution >= 0.6 is 0 Å². The van der Waals surface area contributed by atoms with E-state index in [-0.39, 0.29) is 11.9 Å². The first-order valence-corrected chi connectivity index (χ1v) is 8.51. The zero-order chi connectivity index (χ0) is 18.6. The minimum Gasteiger partial charge on any atom is -0.492 e. The zero-order valence-corrected chi connectivity index (χ0v) is 16.0. The lowest BCUT2D eigenvalue weighted by Crippen LogP contribution is -2.41. The highest BCUT2D eigenvalue weighted by atomic mass is 16.5. The lowest BCUT2D eigenvalue weighted by Gasteiger charge is -2.24. The largest absolute Gasteiger partial charge is 0.492 e. The number of amides is 1. The number of hydrogen-bond acceptors (Lipinski definition) is 4. The van der Waals surface area contributed by atoms with Gasteiger partial charge in [0.15, 0.2) is 0 Å². The minimum atomic E-state index is -0.264. The summed E-state index contributed by atoms with van der Waals surface area (Å²) < 4.78 is 7.58. The molecular formula is C19H28N4O2. The zero-order valence-electron chi connectivity index (χ0n) is 16.0. The van der Waals surface area contributed by atoms with Gasteiger partial charge in [-0.2, -0.15) is 5.10 Å². The van der Waals surface area contributed by atoms with Crippen molar-refractivity contribution in [3.63, 3.8) is 0 Å². The number of carbonyl (C=O) groups excluding carboxylic acids is 1. The van der Waals surface area contributed by atoms with Crippen molar-refractivity contribution in [1.82, 2.24) is 14.7 Å². The second-order valence-electron chi connectivity index (χ2n) is 6.43. The number of aryl methyl sites for hydroxylation is 3. The van der Waals surface area contributed by atoms with Crippen LogP contribution in [0.4, 0.5) is 5.69 Å². The molecule has 6 heteroatoms. The lowest BCUT2D eigenvalue weighted by molar-refractivity contribution is -0.120. The smallest absolute Gasteiger partial charge is 0.241 e. The first-order chi connectivity index (χ1) is 11.8. The fourth-order valence-electron chi connectivity index (χ4n) is 2.59. The van der Waals surface area contributed by atoms with E-state index in [1.54, 1.807) is 4.68 Å². The first-order valence-electron chi connectivity index (χ1n) is 8.51. The van der Waals surface area contributed by atoms with Crippen molar-refractivity contribution in [3.8, 4) is 5.75 Å². The van der Waals surface area contributed by atoms with Gasteiger partial charge in [-0.15, -0.1) is 0 Å². The molecule has 0 radical (unpaired) electrons. The Labute approximate surface area is 149 Å². The van der Waals surface area contributed by atoms with Gasteiger partial charge in [0.2, 0.25) is 5.91 Å². The predicted molar refractivity (Wildman–Crippen MR) is 100 cm³/mol. The van der Waals surface area contributed by atoms with E-state index in [4.69, 9.17) is 4.74 Å². The molecule has 1 N–H and O–H groups in total. The summed E-state index contributed by atoms with van der Waals surface area (Å²) in [7, 11) is 3.80. The van der Waals surface area contributed by atoms with E-state index in [0.717, 1.165) is 28.4 Å². The number of rotatable bonds is 7. The summed E-state index contributed by atoms with van der Waals surface area (Å²) in [4.78, 5) is 14.5. The molecule has 25 heavy (non-hydrogen) atoms. The summed E-state index contributed by atoms with van der Waals surface area (Å²) >= 11 is 0. The molecule has 0 aliphatic carbocycles. The highest BCUT2D eigenvalue weighted by Gasteiger charge is 2.20. The number of anilines is 1. The Morgan fingerprint density at radius 2 is 2.00 bits per heavy atom. The Hall–Kier alpha value is -2.34. The molecule has 0 spiro atoms. The van der Waals surface area contributed by atoms with E-state index in [1.807, 2.05) is 71.0 Å². The molecule has 1 amide bonds. The van der Waals surface area contributed by atoms with Crippen molar-refractivity contribution in [2.24, 2.45) is 7.05 Å². The van der Waals surface area contributed by atoms with Gasteiger partial charge in [0, 0.05) is 13.6 Å². The molecule has 0 aliphatic heterocycles. The number of ether oxygens (including phenoxy) is 1. The molecule has 1 unspecified atom stereocenters. The van der Waals surface area contributed by atoms with Crippen LogP contribution in [0, 0.1) is 20.8 Å². The van der Waals surface area contributed by atoms with Gasteiger partial charge in [0.1, 0.15) is 12.4 Å². The van der Waals surface area contributed by atoms with E-state index in [0.29, 0.717) is 13.2 Å². The van der Waals surface area contributed by atoms with E-state index >= 15 is 0 Å². The molecule has 0 fully saturated rings. The van der Waals surface area contributed by atoms with Gasteiger partial charge >= 0.3 is 0 Å². The van der Waals surface area contributed by atoms with Gasteiger partial charge in [-0.25, -0.2) is 0 Å². The van der Waals surface area contributed by atoms with Crippen molar-refractivity contribution in [2.75, 3.05) is 25.5 Å². The average molecular weight is 344 g/mol. The van der Waals surface area contributed by atoms with E-state index in [9.17, 15) is 4.79 Å². The van der Waals surface area contributed by atoms with Crippen LogP contribution in [0.2, 0.25) is 0 Å². The Balaban J connectivity index is 1.87. The first kappa shape index (κ1) is 19.0. The Morgan fingerprint density at radius 1 is 1.32 bits per heavy atom. The van der Waals surface area contributed by atoms with Gasteiger partial charge in [-0.3, -0.25) is 14.4 Å². The van der Waals surface area contributed by atoms with Crippen LogP contribution in [-0.2, 0) is 11.8 Å². The lowest BCUT2D eigenvalue weighted by atomic mass is 10.2. The minimum absolute atomic E-state index is 0.0439. The average Bonchev–Trinajstić information content (AvgIpc) is 2.82. The Kier molecular flexibility index (Phi) is 6.20. The number of para-hydroxylation sites is 1. The highest BCUT2D eigenvalue weighted by Crippen LogP contribution is 2.19. The molecule has 2 rings (SSSR count). The van der Waals surface area contributed by atoms with Crippen LogP contribution in [0.1, 0.15) is 23.9 Å². The molecular weight excluding hydrogens is 316 g/mol. The molecule has 1 atom stereocenters. The number of carbonyl (C=O) groups is 1. The van der Waals surface area contributed by atoms with Gasteiger partial charge in [0.25, 0.3) is 0 Å². The summed E-state index contributed by atoms with van der Waals surface area (Å²) in [6.07, 6.45) is 0.